The van der Waals surface area contributed by atoms with E-state index in [9.17, 15) is 14.4 Å². The zero-order valence-corrected chi connectivity index (χ0v) is 26.5. The molecular weight excluding hydrogens is 656 g/mol. The van der Waals surface area contributed by atoms with E-state index < -0.39 is 23.9 Å². The number of nitrogens with one attached hydrogen (secondary N) is 3. The molecule has 0 fully saturated rings. The lowest BCUT2D eigenvalue weighted by Crippen LogP contribution is -2.45. The number of ether oxygens (including phenoxy) is 4. The number of carbonyl (C=O) groups is 3. The summed E-state index contributed by atoms with van der Waals surface area (Å²) in [4.78, 5) is 37.1. The number of carbonyl (C=O) groups excluding carboxylic acids is 3. The Morgan fingerprint density at radius 2 is 1.84 bits per heavy atom. The van der Waals surface area contributed by atoms with Crippen LogP contribution < -0.4 is 30.3 Å². The molecule has 0 saturated carbocycles. The molecule has 0 aliphatic carbocycles. The second-order valence-corrected chi connectivity index (χ2v) is 10.6. The molecule has 13 heteroatoms. The number of benzene rings is 3. The monoisotopic (exact) mass is 684 g/mol. The molecule has 3 N–H and O–H groups in total. The fourth-order valence-corrected chi connectivity index (χ4v) is 4.95. The Kier molecular flexibility index (Phi) is 11.2. The Labute approximate surface area is 267 Å². The van der Waals surface area contributed by atoms with E-state index in [0.717, 1.165) is 11.1 Å². The van der Waals surface area contributed by atoms with Gasteiger partial charge in [0.1, 0.15) is 12.4 Å². The highest BCUT2D eigenvalue weighted by atomic mass is 79.9. The number of methoxy groups -OCH3 is 1. The highest BCUT2D eigenvalue weighted by Gasteiger charge is 2.32. The van der Waals surface area contributed by atoms with Gasteiger partial charge in [-0.15, -0.1) is 0 Å². The van der Waals surface area contributed by atoms with Crippen molar-refractivity contribution in [3.05, 3.63) is 98.1 Å². The third-order valence-electron chi connectivity index (χ3n) is 6.34. The molecule has 11 nitrogen and oxygen atoms in total. The average Bonchev–Trinajstić information content (AvgIpc) is 3.00. The second-order valence-electron chi connectivity index (χ2n) is 9.35. The molecule has 1 aliphatic heterocycles. The van der Waals surface area contributed by atoms with E-state index in [0.29, 0.717) is 38.9 Å². The number of hydrogen-bond acceptors (Lipinski definition) is 8. The van der Waals surface area contributed by atoms with Gasteiger partial charge in [-0.2, -0.15) is 5.10 Å². The van der Waals surface area contributed by atoms with Crippen LogP contribution in [0.5, 0.6) is 17.2 Å². The van der Waals surface area contributed by atoms with Crippen LogP contribution in [-0.2, 0) is 20.9 Å². The molecule has 0 aromatic heterocycles. The van der Waals surface area contributed by atoms with Crippen LogP contribution in [0.1, 0.15) is 36.6 Å². The Morgan fingerprint density at radius 3 is 2.57 bits per heavy atom. The topological polar surface area (TPSA) is 137 Å². The Hall–Kier alpha value is -4.55. The molecule has 0 spiro atoms. The predicted octanol–water partition coefficient (Wildman–Crippen LogP) is 5.41. The van der Waals surface area contributed by atoms with Crippen LogP contribution >= 0.6 is 27.5 Å². The third-order valence-corrected chi connectivity index (χ3v) is 7.33. The largest absolute Gasteiger partial charge is 0.493 e. The van der Waals surface area contributed by atoms with Crippen LogP contribution in [0.3, 0.4) is 0 Å². The van der Waals surface area contributed by atoms with Crippen molar-refractivity contribution < 1.29 is 33.3 Å². The lowest BCUT2D eigenvalue weighted by molar-refractivity contribution is -0.139. The van der Waals surface area contributed by atoms with Crippen LogP contribution in [-0.4, -0.2) is 44.4 Å². The maximum atomic E-state index is 12.6. The van der Waals surface area contributed by atoms with Crippen LogP contribution in [0, 0.1) is 0 Å². The number of nitrogens with zero attached hydrogens (tertiary/aromatic N) is 1. The molecule has 1 heterocycles. The number of allylic oxidation sites excluding steroid dienone is 1. The summed E-state index contributed by atoms with van der Waals surface area (Å²) in [6, 6.07) is 16.5. The first-order valence-corrected chi connectivity index (χ1v) is 14.6. The van der Waals surface area contributed by atoms with Gasteiger partial charge in [-0.1, -0.05) is 35.9 Å². The molecule has 230 valence electrons. The van der Waals surface area contributed by atoms with Gasteiger partial charge >= 0.3 is 12.0 Å². The highest BCUT2D eigenvalue weighted by Crippen LogP contribution is 2.34. The van der Waals surface area contributed by atoms with Gasteiger partial charge in [-0.25, -0.2) is 15.0 Å². The SMILES string of the molecule is CCOC(=O)C1=C(C)NC(=O)N[C@H]1c1ccc(OCC(=O)N/N=C\c2ccc(OCc3ccccc3Cl)c(Br)c2)c(OC)c1. The molecule has 1 atom stereocenters. The van der Waals surface area contributed by atoms with Gasteiger partial charge < -0.3 is 29.6 Å². The molecule has 4 rings (SSSR count). The smallest absolute Gasteiger partial charge is 0.338 e. The zero-order chi connectivity index (χ0) is 31.6. The molecule has 0 saturated heterocycles. The minimum atomic E-state index is -0.772. The molecule has 3 aromatic rings. The lowest BCUT2D eigenvalue weighted by Gasteiger charge is -2.28. The van der Waals surface area contributed by atoms with Gasteiger partial charge in [0.05, 0.1) is 36.0 Å². The van der Waals surface area contributed by atoms with E-state index >= 15 is 0 Å². The number of esters is 1. The van der Waals surface area contributed by atoms with Gasteiger partial charge in [-0.3, -0.25) is 4.79 Å². The van der Waals surface area contributed by atoms with Gasteiger partial charge in [0.15, 0.2) is 18.1 Å². The van der Waals surface area contributed by atoms with E-state index in [1.807, 2.05) is 18.2 Å². The zero-order valence-electron chi connectivity index (χ0n) is 24.1. The molecule has 3 aromatic carbocycles. The predicted molar refractivity (Wildman–Crippen MR) is 168 cm³/mol. The lowest BCUT2D eigenvalue weighted by atomic mass is 9.95. The number of urea groups is 1. The van der Waals surface area contributed by atoms with Gasteiger partial charge in [0.25, 0.3) is 5.91 Å². The first kappa shape index (κ1) is 32.4. The van der Waals surface area contributed by atoms with Crippen LogP contribution in [0.15, 0.2) is 81.5 Å². The second kappa shape index (κ2) is 15.3. The minimum Gasteiger partial charge on any atom is -0.493 e. The van der Waals surface area contributed by atoms with Crippen LogP contribution in [0.4, 0.5) is 4.79 Å². The minimum absolute atomic E-state index is 0.183. The third kappa shape index (κ3) is 8.29. The molecule has 0 radical (unpaired) electrons. The number of hydrazone groups is 1. The Balaban J connectivity index is 1.34. The Morgan fingerprint density at radius 1 is 1.07 bits per heavy atom. The summed E-state index contributed by atoms with van der Waals surface area (Å²) in [6.07, 6.45) is 1.49. The van der Waals surface area contributed by atoms with Crippen molar-refractivity contribution in [3.8, 4) is 17.2 Å². The van der Waals surface area contributed by atoms with Crippen molar-refractivity contribution in [2.24, 2.45) is 5.10 Å². The van der Waals surface area contributed by atoms with Gasteiger partial charge in [-0.05, 0) is 77.3 Å². The summed E-state index contributed by atoms with van der Waals surface area (Å²) >= 11 is 9.68. The fourth-order valence-electron chi connectivity index (χ4n) is 4.25. The molecule has 3 amide bonds. The average molecular weight is 686 g/mol. The van der Waals surface area contributed by atoms with Crippen molar-refractivity contribution in [2.75, 3.05) is 20.3 Å². The Bertz CT molecular complexity index is 1610. The summed E-state index contributed by atoms with van der Waals surface area (Å²) in [5, 5.41) is 9.95. The molecule has 1 aliphatic rings. The number of amides is 3. The molecule has 0 bridgehead atoms. The van der Waals surface area contributed by atoms with E-state index in [4.69, 9.17) is 30.5 Å². The maximum absolute atomic E-state index is 12.6. The van der Waals surface area contributed by atoms with E-state index in [-0.39, 0.29) is 24.5 Å². The normalized spacial score (nSPS) is 14.5. The van der Waals surface area contributed by atoms with Crippen molar-refractivity contribution in [1.29, 1.82) is 0 Å². The van der Waals surface area contributed by atoms with Crippen molar-refractivity contribution in [1.82, 2.24) is 16.1 Å². The quantitative estimate of drug-likeness (QED) is 0.132. The number of hydrogen-bond donors (Lipinski definition) is 3. The van der Waals surface area contributed by atoms with E-state index in [2.05, 4.69) is 37.1 Å². The van der Waals surface area contributed by atoms with Crippen molar-refractivity contribution >= 4 is 51.7 Å². The fraction of sp³-hybridized carbons (Fsp3) is 0.226. The van der Waals surface area contributed by atoms with Crippen LogP contribution in [0.2, 0.25) is 5.02 Å². The number of halogens is 2. The summed E-state index contributed by atoms with van der Waals surface area (Å²) in [5.41, 5.74) is 5.23. The first-order chi connectivity index (χ1) is 21.2. The van der Waals surface area contributed by atoms with E-state index in [1.165, 1.54) is 13.3 Å². The molecular formula is C31H30BrClN4O7. The van der Waals surface area contributed by atoms with Gasteiger partial charge in [0, 0.05) is 16.3 Å². The molecule has 44 heavy (non-hydrogen) atoms. The van der Waals surface area contributed by atoms with Crippen LogP contribution in [0.25, 0.3) is 0 Å². The first-order valence-electron chi connectivity index (χ1n) is 13.4. The summed E-state index contributed by atoms with van der Waals surface area (Å²) < 4.78 is 22.8. The summed E-state index contributed by atoms with van der Waals surface area (Å²) in [7, 11) is 1.44. The van der Waals surface area contributed by atoms with E-state index in [1.54, 1.807) is 56.3 Å². The number of rotatable bonds is 12. The molecule has 0 unspecified atom stereocenters. The maximum Gasteiger partial charge on any atom is 0.338 e. The summed E-state index contributed by atoms with van der Waals surface area (Å²) in [5.74, 6) is 0.161. The summed E-state index contributed by atoms with van der Waals surface area (Å²) in [6.45, 7) is 3.48. The highest BCUT2D eigenvalue weighted by molar-refractivity contribution is 9.10. The van der Waals surface area contributed by atoms with Crippen molar-refractivity contribution in [2.45, 2.75) is 26.5 Å². The van der Waals surface area contributed by atoms with Gasteiger partial charge in [0.2, 0.25) is 0 Å². The standard InChI is InChI=1S/C31H30BrClN4O7/c1-4-42-30(39)28-18(2)35-31(40)36-29(28)20-10-12-25(26(14-20)41-3)44-17-27(38)37-34-15-19-9-11-24(22(32)13-19)43-16-21-7-5-6-8-23(21)33/h5-15,29H,4,16-17H2,1-3H3,(H,37,38)(H2,35,36,40)/b34-15-/t29-/m0/s1. The van der Waals surface area contributed by atoms with Crippen molar-refractivity contribution in [3.63, 3.8) is 0 Å².